The maximum atomic E-state index is 12.4. The highest BCUT2D eigenvalue weighted by Crippen LogP contribution is 2.34. The van der Waals surface area contributed by atoms with Crippen molar-refractivity contribution < 1.29 is 4.79 Å². The lowest BCUT2D eigenvalue weighted by Crippen LogP contribution is -2.49. The van der Waals surface area contributed by atoms with Crippen molar-refractivity contribution in [3.8, 4) is 0 Å². The Hall–Kier alpha value is -1.99. The van der Waals surface area contributed by atoms with E-state index in [1.54, 1.807) is 6.07 Å². The summed E-state index contributed by atoms with van der Waals surface area (Å²) in [5, 5.41) is 3.59. The number of nitrogens with zero attached hydrogens (tertiary/aromatic N) is 3. The molecule has 2 bridgehead atoms. The molecule has 1 fully saturated rings. The highest BCUT2D eigenvalue weighted by atomic mass is 32.1. The van der Waals surface area contributed by atoms with Gasteiger partial charge < -0.3 is 9.88 Å². The van der Waals surface area contributed by atoms with Crippen LogP contribution in [0.4, 0.5) is 5.13 Å². The average molecular weight is 358 g/mol. The maximum absolute atomic E-state index is 12.4. The Balaban J connectivity index is 1.42. The van der Waals surface area contributed by atoms with Gasteiger partial charge in [0.05, 0.1) is 6.54 Å². The van der Waals surface area contributed by atoms with Crippen molar-refractivity contribution in [1.82, 2.24) is 14.5 Å². The van der Waals surface area contributed by atoms with E-state index in [9.17, 15) is 9.59 Å². The number of carbonyl (C=O) groups is 1. The third-order valence-electron chi connectivity index (χ3n) is 5.07. The third kappa shape index (κ3) is 3.39. The number of thiazole rings is 1. The number of piperidine rings is 1. The second-order valence-electron chi connectivity index (χ2n) is 6.93. The van der Waals surface area contributed by atoms with Gasteiger partial charge in [0.2, 0.25) is 5.91 Å². The van der Waals surface area contributed by atoms with Crippen LogP contribution in [0.1, 0.15) is 29.8 Å². The Bertz CT molecular complexity index is 844. The van der Waals surface area contributed by atoms with Gasteiger partial charge >= 0.3 is 0 Å². The van der Waals surface area contributed by atoms with Crippen molar-refractivity contribution in [3.05, 3.63) is 45.3 Å². The Morgan fingerprint density at radius 3 is 3.04 bits per heavy atom. The number of aromatic nitrogens is 2. The van der Waals surface area contributed by atoms with Crippen molar-refractivity contribution >= 4 is 22.4 Å². The highest BCUT2D eigenvalue weighted by Gasteiger charge is 2.34. The lowest BCUT2D eigenvalue weighted by atomic mass is 9.83. The van der Waals surface area contributed by atoms with Crippen LogP contribution >= 0.6 is 11.3 Å². The van der Waals surface area contributed by atoms with Gasteiger partial charge in [0, 0.05) is 48.4 Å². The molecular weight excluding hydrogens is 336 g/mol. The van der Waals surface area contributed by atoms with Gasteiger partial charge in [-0.05, 0) is 24.8 Å². The molecule has 1 saturated heterocycles. The molecule has 0 spiro atoms. The number of hydrogen-bond acceptors (Lipinski definition) is 5. The highest BCUT2D eigenvalue weighted by molar-refractivity contribution is 7.15. The molecule has 7 heteroatoms. The quantitative estimate of drug-likeness (QED) is 0.907. The third-order valence-corrected chi connectivity index (χ3v) is 6.13. The number of aryl methyl sites for hydroxylation is 1. The second-order valence-corrected chi connectivity index (χ2v) is 8.04. The second kappa shape index (κ2) is 6.72. The van der Waals surface area contributed by atoms with E-state index < -0.39 is 0 Å². The number of rotatable bonds is 4. The van der Waals surface area contributed by atoms with Crippen LogP contribution in [0.3, 0.4) is 0 Å². The summed E-state index contributed by atoms with van der Waals surface area (Å²) >= 11 is 1.53. The minimum absolute atomic E-state index is 0.0116. The summed E-state index contributed by atoms with van der Waals surface area (Å²) in [7, 11) is 0. The molecule has 4 rings (SSSR count). The van der Waals surface area contributed by atoms with Crippen molar-refractivity contribution in [2.24, 2.45) is 5.92 Å². The standard InChI is InChI=1S/C18H22N4O2S/c1-2-14-7-19-18(25-14)20-16(23)11-21-8-12-6-13(10-21)15-4-3-5-17(24)22(15)9-12/h3-5,7,12-13H,2,6,8-11H2,1H3,(H,19,20,23)/t12-,13-/m0/s1. The lowest BCUT2D eigenvalue weighted by molar-refractivity contribution is -0.117. The zero-order chi connectivity index (χ0) is 17.4. The largest absolute Gasteiger partial charge is 0.312 e. The van der Waals surface area contributed by atoms with Crippen molar-refractivity contribution in [2.45, 2.75) is 32.2 Å². The number of likely N-dealkylation sites (tertiary alicyclic amines) is 1. The van der Waals surface area contributed by atoms with Crippen LogP contribution in [-0.2, 0) is 17.8 Å². The molecule has 2 aromatic rings. The van der Waals surface area contributed by atoms with E-state index in [0.717, 1.165) is 38.2 Å². The van der Waals surface area contributed by atoms with Gasteiger partial charge in [0.1, 0.15) is 0 Å². The fraction of sp³-hybridized carbons (Fsp3) is 0.500. The predicted molar refractivity (Wildman–Crippen MR) is 98.1 cm³/mol. The summed E-state index contributed by atoms with van der Waals surface area (Å²) in [6, 6.07) is 5.52. The van der Waals surface area contributed by atoms with Crippen molar-refractivity contribution in [3.63, 3.8) is 0 Å². The molecule has 1 N–H and O–H groups in total. The monoisotopic (exact) mass is 358 g/mol. The predicted octanol–water partition coefficient (Wildman–Crippen LogP) is 1.93. The van der Waals surface area contributed by atoms with Crippen LogP contribution in [0.25, 0.3) is 0 Å². The Labute approximate surface area is 150 Å². The van der Waals surface area contributed by atoms with E-state index in [-0.39, 0.29) is 11.5 Å². The fourth-order valence-electron chi connectivity index (χ4n) is 4.02. The number of amides is 1. The first kappa shape index (κ1) is 16.5. The topological polar surface area (TPSA) is 67.2 Å². The molecule has 2 aromatic heterocycles. The molecule has 2 aliphatic heterocycles. The SMILES string of the molecule is CCc1cnc(NC(=O)CN2C[C@@H]3C[C@@H](C2)c2cccc(=O)n2C3)s1. The van der Waals surface area contributed by atoms with E-state index >= 15 is 0 Å². The fourth-order valence-corrected chi connectivity index (χ4v) is 4.78. The van der Waals surface area contributed by atoms with Crippen LogP contribution in [0.5, 0.6) is 0 Å². The minimum atomic E-state index is -0.0116. The molecule has 4 heterocycles. The number of fused-ring (bicyclic) bond motifs is 4. The number of anilines is 1. The van der Waals surface area contributed by atoms with Gasteiger partial charge in [0.25, 0.3) is 5.56 Å². The van der Waals surface area contributed by atoms with E-state index in [4.69, 9.17) is 0 Å². The smallest absolute Gasteiger partial charge is 0.250 e. The first-order valence-corrected chi connectivity index (χ1v) is 9.60. The summed E-state index contributed by atoms with van der Waals surface area (Å²) < 4.78 is 1.91. The van der Waals surface area contributed by atoms with Gasteiger partial charge in [-0.3, -0.25) is 14.5 Å². The van der Waals surface area contributed by atoms with Crippen LogP contribution in [-0.4, -0.2) is 40.0 Å². The molecule has 0 saturated carbocycles. The molecule has 1 amide bonds. The van der Waals surface area contributed by atoms with E-state index in [1.165, 1.54) is 16.2 Å². The molecule has 132 valence electrons. The molecule has 0 aromatic carbocycles. The van der Waals surface area contributed by atoms with Gasteiger partial charge in [-0.25, -0.2) is 4.98 Å². The van der Waals surface area contributed by atoms with E-state index in [0.29, 0.717) is 23.5 Å². The van der Waals surface area contributed by atoms with Gasteiger partial charge in [-0.2, -0.15) is 0 Å². The first-order chi connectivity index (χ1) is 12.1. The zero-order valence-corrected chi connectivity index (χ0v) is 15.1. The summed E-state index contributed by atoms with van der Waals surface area (Å²) in [5.74, 6) is 0.758. The number of hydrogen-bond donors (Lipinski definition) is 1. The normalized spacial score (nSPS) is 22.4. The van der Waals surface area contributed by atoms with Crippen molar-refractivity contribution in [2.75, 3.05) is 25.0 Å². The maximum Gasteiger partial charge on any atom is 0.250 e. The Morgan fingerprint density at radius 1 is 1.36 bits per heavy atom. The molecular formula is C18H22N4O2S. The Morgan fingerprint density at radius 2 is 2.24 bits per heavy atom. The van der Waals surface area contributed by atoms with Crippen LogP contribution in [0.2, 0.25) is 0 Å². The molecule has 2 aliphatic rings. The van der Waals surface area contributed by atoms with Crippen LogP contribution < -0.4 is 10.9 Å². The van der Waals surface area contributed by atoms with Crippen LogP contribution in [0, 0.1) is 5.92 Å². The number of pyridine rings is 1. The van der Waals surface area contributed by atoms with Gasteiger partial charge in [0.15, 0.2) is 5.13 Å². The lowest BCUT2D eigenvalue weighted by Gasteiger charge is -2.42. The molecule has 0 unspecified atom stereocenters. The van der Waals surface area contributed by atoms with E-state index in [2.05, 4.69) is 22.1 Å². The molecule has 6 nitrogen and oxygen atoms in total. The summed E-state index contributed by atoms with van der Waals surface area (Å²) in [4.78, 5) is 32.0. The Kier molecular flexibility index (Phi) is 4.43. The number of nitrogens with one attached hydrogen (secondary N) is 1. The molecule has 25 heavy (non-hydrogen) atoms. The average Bonchev–Trinajstić information content (AvgIpc) is 3.03. The van der Waals surface area contributed by atoms with Crippen molar-refractivity contribution in [1.29, 1.82) is 0 Å². The first-order valence-electron chi connectivity index (χ1n) is 8.79. The summed E-state index contributed by atoms with van der Waals surface area (Å²) in [5.41, 5.74) is 1.20. The number of carbonyl (C=O) groups excluding carboxylic acids is 1. The zero-order valence-electron chi connectivity index (χ0n) is 14.3. The summed E-state index contributed by atoms with van der Waals surface area (Å²) in [6.07, 6.45) is 3.86. The molecule has 0 aliphatic carbocycles. The van der Waals surface area contributed by atoms with E-state index in [1.807, 2.05) is 22.9 Å². The minimum Gasteiger partial charge on any atom is -0.312 e. The molecule has 0 radical (unpaired) electrons. The van der Waals surface area contributed by atoms with Gasteiger partial charge in [-0.15, -0.1) is 11.3 Å². The van der Waals surface area contributed by atoms with Crippen LogP contribution in [0.15, 0.2) is 29.2 Å². The van der Waals surface area contributed by atoms with Gasteiger partial charge in [-0.1, -0.05) is 13.0 Å². The summed E-state index contributed by atoms with van der Waals surface area (Å²) in [6.45, 7) is 4.91. The molecule has 2 atom stereocenters.